The Labute approximate surface area is 123 Å². The van der Waals surface area contributed by atoms with E-state index < -0.39 is 12.2 Å². The van der Waals surface area contributed by atoms with Crippen LogP contribution in [0.25, 0.3) is 0 Å². The summed E-state index contributed by atoms with van der Waals surface area (Å²) in [4.78, 5) is 11.9. The maximum Gasteiger partial charge on any atom is 0.223 e. The van der Waals surface area contributed by atoms with Crippen molar-refractivity contribution in [2.45, 2.75) is 50.4 Å². The summed E-state index contributed by atoms with van der Waals surface area (Å²) < 4.78 is 0. The molecular formula is C15H20ClNO3. The second-order valence-corrected chi connectivity index (χ2v) is 5.73. The number of carbonyl (C=O) groups is 1. The summed E-state index contributed by atoms with van der Waals surface area (Å²) in [6, 6.07) is 6.59. The van der Waals surface area contributed by atoms with Crippen LogP contribution in [0.3, 0.4) is 0 Å². The Morgan fingerprint density at radius 3 is 2.60 bits per heavy atom. The quantitative estimate of drug-likeness (QED) is 0.798. The number of aliphatic hydroxyl groups excluding tert-OH is 2. The Kier molecular flexibility index (Phi) is 5.40. The SMILES string of the molecule is O=C(CC(O)c1ccc(Cl)cc1)NC1CCCCC1O. The lowest BCUT2D eigenvalue weighted by molar-refractivity contribution is -0.125. The van der Waals surface area contributed by atoms with Gasteiger partial charge < -0.3 is 15.5 Å². The number of carbonyl (C=O) groups excluding carboxylic acids is 1. The van der Waals surface area contributed by atoms with Crippen molar-refractivity contribution in [3.8, 4) is 0 Å². The van der Waals surface area contributed by atoms with Crippen LogP contribution in [-0.4, -0.2) is 28.3 Å². The van der Waals surface area contributed by atoms with E-state index in [9.17, 15) is 15.0 Å². The molecule has 1 aliphatic carbocycles. The fourth-order valence-corrected chi connectivity index (χ4v) is 2.65. The molecule has 2 rings (SSSR count). The van der Waals surface area contributed by atoms with E-state index in [4.69, 9.17) is 11.6 Å². The summed E-state index contributed by atoms with van der Waals surface area (Å²) in [5.41, 5.74) is 0.661. The van der Waals surface area contributed by atoms with E-state index in [-0.39, 0.29) is 18.4 Å². The summed E-state index contributed by atoms with van der Waals surface area (Å²) in [6.45, 7) is 0. The van der Waals surface area contributed by atoms with Gasteiger partial charge in [0.2, 0.25) is 5.91 Å². The van der Waals surface area contributed by atoms with Gasteiger partial charge in [-0.05, 0) is 30.5 Å². The van der Waals surface area contributed by atoms with Gasteiger partial charge in [0.1, 0.15) is 0 Å². The minimum atomic E-state index is -0.854. The number of halogens is 1. The molecule has 1 aromatic rings. The van der Waals surface area contributed by atoms with Crippen molar-refractivity contribution in [1.29, 1.82) is 0 Å². The van der Waals surface area contributed by atoms with Gasteiger partial charge in [-0.3, -0.25) is 4.79 Å². The highest BCUT2D eigenvalue weighted by Crippen LogP contribution is 2.21. The van der Waals surface area contributed by atoms with Crippen LogP contribution < -0.4 is 5.32 Å². The van der Waals surface area contributed by atoms with Crippen LogP contribution in [0.4, 0.5) is 0 Å². The highest BCUT2D eigenvalue weighted by Gasteiger charge is 2.25. The third-order valence-corrected chi connectivity index (χ3v) is 3.96. The number of rotatable bonds is 4. The molecule has 0 bridgehead atoms. The smallest absolute Gasteiger partial charge is 0.223 e. The first-order chi connectivity index (χ1) is 9.56. The van der Waals surface area contributed by atoms with Crippen molar-refractivity contribution in [2.24, 2.45) is 0 Å². The third-order valence-electron chi connectivity index (χ3n) is 3.71. The van der Waals surface area contributed by atoms with E-state index in [1.54, 1.807) is 24.3 Å². The Bertz CT molecular complexity index is 449. The first-order valence-corrected chi connectivity index (χ1v) is 7.35. The normalized spacial score (nSPS) is 24.1. The molecule has 1 aromatic carbocycles. The van der Waals surface area contributed by atoms with Gasteiger partial charge in [0, 0.05) is 5.02 Å². The molecular weight excluding hydrogens is 278 g/mol. The molecule has 0 spiro atoms. The average molecular weight is 298 g/mol. The molecule has 4 nitrogen and oxygen atoms in total. The molecule has 0 saturated heterocycles. The predicted octanol–water partition coefficient (Wildman–Crippen LogP) is 2.18. The molecule has 0 radical (unpaired) electrons. The standard InChI is InChI=1S/C15H20ClNO3/c16-11-7-5-10(6-8-11)14(19)9-15(20)17-12-3-1-2-4-13(12)18/h5-8,12-14,18-19H,1-4,9H2,(H,17,20). The van der Waals surface area contributed by atoms with Crippen LogP contribution in [0.2, 0.25) is 5.02 Å². The average Bonchev–Trinajstić information content (AvgIpc) is 2.42. The number of hydrogen-bond acceptors (Lipinski definition) is 3. The van der Waals surface area contributed by atoms with Crippen molar-refractivity contribution < 1.29 is 15.0 Å². The van der Waals surface area contributed by atoms with Crippen LogP contribution in [0.15, 0.2) is 24.3 Å². The number of nitrogens with one attached hydrogen (secondary N) is 1. The summed E-state index contributed by atoms with van der Waals surface area (Å²) in [6.07, 6.45) is 2.20. The minimum Gasteiger partial charge on any atom is -0.391 e. The van der Waals surface area contributed by atoms with E-state index in [1.165, 1.54) is 0 Å². The van der Waals surface area contributed by atoms with E-state index in [1.807, 2.05) is 0 Å². The molecule has 1 aliphatic rings. The third kappa shape index (κ3) is 4.20. The summed E-state index contributed by atoms with van der Waals surface area (Å²) in [5.74, 6) is -0.238. The maximum atomic E-state index is 11.9. The molecule has 0 aliphatic heterocycles. The molecule has 1 saturated carbocycles. The zero-order valence-electron chi connectivity index (χ0n) is 11.3. The predicted molar refractivity (Wildman–Crippen MR) is 77.4 cm³/mol. The molecule has 3 N–H and O–H groups in total. The zero-order chi connectivity index (χ0) is 14.5. The van der Waals surface area contributed by atoms with Crippen molar-refractivity contribution in [2.75, 3.05) is 0 Å². The number of benzene rings is 1. The fraction of sp³-hybridized carbons (Fsp3) is 0.533. The molecule has 0 heterocycles. The lowest BCUT2D eigenvalue weighted by Gasteiger charge is -2.28. The van der Waals surface area contributed by atoms with Gasteiger partial charge in [-0.1, -0.05) is 36.6 Å². The van der Waals surface area contributed by atoms with Gasteiger partial charge in [0.25, 0.3) is 0 Å². The summed E-state index contributed by atoms with van der Waals surface area (Å²) in [5, 5.41) is 23.2. The molecule has 3 unspecified atom stereocenters. The van der Waals surface area contributed by atoms with Crippen molar-refractivity contribution in [3.05, 3.63) is 34.9 Å². The Morgan fingerprint density at radius 1 is 1.30 bits per heavy atom. The van der Waals surface area contributed by atoms with Crippen LogP contribution in [0.5, 0.6) is 0 Å². The first kappa shape index (κ1) is 15.3. The van der Waals surface area contributed by atoms with Gasteiger partial charge >= 0.3 is 0 Å². The second kappa shape index (κ2) is 7.07. The highest BCUT2D eigenvalue weighted by molar-refractivity contribution is 6.30. The molecule has 0 aromatic heterocycles. The van der Waals surface area contributed by atoms with E-state index in [2.05, 4.69) is 5.32 Å². The maximum absolute atomic E-state index is 11.9. The van der Waals surface area contributed by atoms with E-state index in [0.717, 1.165) is 25.7 Å². The summed E-state index contributed by atoms with van der Waals surface area (Å²) in [7, 11) is 0. The second-order valence-electron chi connectivity index (χ2n) is 5.30. The zero-order valence-corrected chi connectivity index (χ0v) is 12.0. The Hall–Kier alpha value is -1.10. The fourth-order valence-electron chi connectivity index (χ4n) is 2.52. The summed E-state index contributed by atoms with van der Waals surface area (Å²) >= 11 is 5.78. The van der Waals surface area contributed by atoms with Gasteiger partial charge in [-0.2, -0.15) is 0 Å². The number of hydrogen-bond donors (Lipinski definition) is 3. The molecule has 3 atom stereocenters. The van der Waals surface area contributed by atoms with Gasteiger partial charge in [-0.25, -0.2) is 0 Å². The molecule has 20 heavy (non-hydrogen) atoms. The Balaban J connectivity index is 1.85. The van der Waals surface area contributed by atoms with Crippen LogP contribution in [0.1, 0.15) is 43.8 Å². The van der Waals surface area contributed by atoms with E-state index >= 15 is 0 Å². The van der Waals surface area contributed by atoms with Gasteiger partial charge in [0.15, 0.2) is 0 Å². The monoisotopic (exact) mass is 297 g/mol. The van der Waals surface area contributed by atoms with E-state index in [0.29, 0.717) is 10.6 Å². The van der Waals surface area contributed by atoms with Crippen LogP contribution >= 0.6 is 11.6 Å². The lowest BCUT2D eigenvalue weighted by atomic mass is 9.92. The number of aliphatic hydroxyl groups is 2. The minimum absolute atomic E-state index is 0.00908. The first-order valence-electron chi connectivity index (χ1n) is 6.97. The highest BCUT2D eigenvalue weighted by atomic mass is 35.5. The van der Waals surface area contributed by atoms with Gasteiger partial charge in [0.05, 0.1) is 24.7 Å². The van der Waals surface area contributed by atoms with Gasteiger partial charge in [-0.15, -0.1) is 0 Å². The molecule has 110 valence electrons. The molecule has 1 amide bonds. The van der Waals surface area contributed by atoms with Crippen LogP contribution in [0, 0.1) is 0 Å². The number of amides is 1. The van der Waals surface area contributed by atoms with Crippen molar-refractivity contribution in [1.82, 2.24) is 5.32 Å². The van der Waals surface area contributed by atoms with Crippen molar-refractivity contribution >= 4 is 17.5 Å². The topological polar surface area (TPSA) is 69.6 Å². The largest absolute Gasteiger partial charge is 0.391 e. The molecule has 1 fully saturated rings. The molecule has 5 heteroatoms. The van der Waals surface area contributed by atoms with Crippen molar-refractivity contribution in [3.63, 3.8) is 0 Å². The lowest BCUT2D eigenvalue weighted by Crippen LogP contribution is -2.45. The Morgan fingerprint density at radius 2 is 1.95 bits per heavy atom. The van der Waals surface area contributed by atoms with Crippen LogP contribution in [-0.2, 0) is 4.79 Å².